The Morgan fingerprint density at radius 1 is 1.13 bits per heavy atom. The van der Waals surface area contributed by atoms with Crippen LogP contribution in [0.5, 0.6) is 0 Å². The lowest BCUT2D eigenvalue weighted by atomic mass is 10.1. The number of carbonyl (C=O) groups excluding carboxylic acids is 2. The van der Waals surface area contributed by atoms with Gasteiger partial charge in [-0.05, 0) is 20.5 Å². The third-order valence-corrected chi connectivity index (χ3v) is 5.81. The maximum Gasteiger partial charge on any atom is 0.410 e. The van der Waals surface area contributed by atoms with E-state index in [-0.39, 0.29) is 24.0 Å². The number of nitrogens with zero attached hydrogens (tertiary/aromatic N) is 3. The summed E-state index contributed by atoms with van der Waals surface area (Å²) in [6, 6.07) is -0.986. The summed E-state index contributed by atoms with van der Waals surface area (Å²) < 4.78 is 29.2. The Morgan fingerprint density at radius 2 is 1.70 bits per heavy atom. The van der Waals surface area contributed by atoms with Crippen molar-refractivity contribution in [1.29, 1.82) is 0 Å². The van der Waals surface area contributed by atoms with E-state index in [0.29, 0.717) is 26.1 Å². The van der Waals surface area contributed by atoms with Gasteiger partial charge in [-0.25, -0.2) is 13.2 Å². The van der Waals surface area contributed by atoms with Gasteiger partial charge in [0.25, 0.3) is 0 Å². The Balaban J connectivity index is 2.16. The van der Waals surface area contributed by atoms with Crippen molar-refractivity contribution in [3.05, 3.63) is 0 Å². The lowest BCUT2D eigenvalue weighted by molar-refractivity contribution is -0.137. The number of hydrogen-bond acceptors (Lipinski definition) is 6. The number of piperazine rings is 1. The fourth-order valence-electron chi connectivity index (χ4n) is 3.12. The van der Waals surface area contributed by atoms with Crippen LogP contribution in [0.3, 0.4) is 0 Å². The number of likely N-dealkylation sites (N-methyl/N-ethyl adjacent to an activating group) is 1. The number of carbonyl (C=O) groups is 2. The quantitative estimate of drug-likeness (QED) is 0.675. The van der Waals surface area contributed by atoms with Crippen LogP contribution in [0, 0.1) is 0 Å². The minimum atomic E-state index is -3.27. The Morgan fingerprint density at radius 3 is 2.26 bits per heavy atom. The molecule has 2 aliphatic heterocycles. The van der Waals surface area contributed by atoms with Gasteiger partial charge < -0.3 is 19.4 Å². The van der Waals surface area contributed by atoms with Crippen molar-refractivity contribution in [2.24, 2.45) is 0 Å². The van der Waals surface area contributed by atoms with E-state index in [2.05, 4.69) is 0 Å². The summed E-state index contributed by atoms with van der Waals surface area (Å²) in [5.74, 6) is -0.303. The molecule has 2 heterocycles. The molecule has 2 amide bonds. The number of amides is 2. The van der Waals surface area contributed by atoms with E-state index < -0.39 is 28.0 Å². The minimum absolute atomic E-state index is 0.0889. The van der Waals surface area contributed by atoms with Gasteiger partial charge in [0.2, 0.25) is 5.91 Å². The summed E-state index contributed by atoms with van der Waals surface area (Å²) in [6.45, 7) is 3.07. The molecule has 2 atom stereocenters. The predicted molar refractivity (Wildman–Crippen MR) is 84.8 cm³/mol. The topological polar surface area (TPSA) is 87.2 Å². The molecule has 0 aromatic carbocycles. The third kappa shape index (κ3) is 4.14. The summed E-state index contributed by atoms with van der Waals surface area (Å²) in [4.78, 5) is 29.4. The van der Waals surface area contributed by atoms with Crippen molar-refractivity contribution in [2.45, 2.75) is 25.4 Å². The van der Waals surface area contributed by atoms with Crippen LogP contribution < -0.4 is 0 Å². The summed E-state index contributed by atoms with van der Waals surface area (Å²) in [6.07, 6.45) is 0.220. The summed E-state index contributed by atoms with van der Waals surface area (Å²) in [7, 11) is 0.314. The Labute approximate surface area is 137 Å². The minimum Gasteiger partial charge on any atom is -0.449 e. The molecular weight excluding hydrogens is 322 g/mol. The van der Waals surface area contributed by atoms with Crippen molar-refractivity contribution in [2.75, 3.05) is 51.8 Å². The van der Waals surface area contributed by atoms with Gasteiger partial charge in [0.1, 0.15) is 0 Å². The van der Waals surface area contributed by atoms with Gasteiger partial charge in [0.15, 0.2) is 9.84 Å². The fraction of sp³-hybridized carbons (Fsp3) is 0.857. The molecule has 0 aliphatic carbocycles. The molecule has 0 aromatic heterocycles. The SMILES string of the molecule is CCCOC(=O)N1CCN(C(=O)CN(C)C)[C@H]2CS(=O)(=O)C[C@H]21. The second-order valence-electron chi connectivity index (χ2n) is 6.34. The fourth-order valence-corrected chi connectivity index (χ4v) is 5.10. The van der Waals surface area contributed by atoms with Crippen LogP contribution in [0.1, 0.15) is 13.3 Å². The average molecular weight is 347 g/mol. The van der Waals surface area contributed by atoms with E-state index >= 15 is 0 Å². The van der Waals surface area contributed by atoms with Crippen LogP contribution in [0.25, 0.3) is 0 Å². The molecule has 9 heteroatoms. The highest BCUT2D eigenvalue weighted by Crippen LogP contribution is 2.27. The molecule has 0 bridgehead atoms. The third-order valence-electron chi connectivity index (χ3n) is 4.11. The number of rotatable bonds is 4. The van der Waals surface area contributed by atoms with Crippen LogP contribution >= 0.6 is 0 Å². The summed E-state index contributed by atoms with van der Waals surface area (Å²) in [5, 5.41) is 0. The molecular formula is C14H25N3O5S. The molecule has 0 aromatic rings. The van der Waals surface area contributed by atoms with Crippen molar-refractivity contribution in [3.63, 3.8) is 0 Å². The van der Waals surface area contributed by atoms with E-state index in [4.69, 9.17) is 4.74 Å². The highest BCUT2D eigenvalue weighted by Gasteiger charge is 2.49. The van der Waals surface area contributed by atoms with Crippen LogP contribution in [-0.4, -0.2) is 99.0 Å². The van der Waals surface area contributed by atoms with Gasteiger partial charge in [-0.3, -0.25) is 4.79 Å². The number of hydrogen-bond donors (Lipinski definition) is 0. The van der Waals surface area contributed by atoms with Gasteiger partial charge in [-0.1, -0.05) is 6.92 Å². The number of ether oxygens (including phenoxy) is 1. The summed E-state index contributed by atoms with van der Waals surface area (Å²) >= 11 is 0. The smallest absolute Gasteiger partial charge is 0.410 e. The first-order chi connectivity index (χ1) is 10.7. The molecule has 2 saturated heterocycles. The van der Waals surface area contributed by atoms with Crippen molar-refractivity contribution in [3.8, 4) is 0 Å². The van der Waals surface area contributed by atoms with Crippen molar-refractivity contribution in [1.82, 2.24) is 14.7 Å². The van der Waals surface area contributed by atoms with E-state index in [1.54, 1.807) is 23.9 Å². The van der Waals surface area contributed by atoms with Gasteiger partial charge in [-0.2, -0.15) is 0 Å². The van der Waals surface area contributed by atoms with E-state index in [0.717, 1.165) is 0 Å². The van der Waals surface area contributed by atoms with Crippen LogP contribution in [0.15, 0.2) is 0 Å². The lowest BCUT2D eigenvalue weighted by Crippen LogP contribution is -2.62. The Bertz CT molecular complexity index is 563. The standard InChI is InChI=1S/C14H25N3O5S/c1-4-7-22-14(19)17-6-5-16(13(18)8-15(2)3)11-9-23(20,21)10-12(11)17/h11-12H,4-10H2,1-3H3/t11-,12+/m0/s1. The van der Waals surface area contributed by atoms with E-state index in [1.807, 2.05) is 6.92 Å². The predicted octanol–water partition coefficient (Wildman–Crippen LogP) is -0.596. The maximum atomic E-state index is 12.4. The Kier molecular flexibility index (Phi) is 5.51. The van der Waals surface area contributed by atoms with Crippen molar-refractivity contribution < 1.29 is 22.7 Å². The normalized spacial score (nSPS) is 26.3. The molecule has 0 N–H and O–H groups in total. The van der Waals surface area contributed by atoms with Gasteiger partial charge in [-0.15, -0.1) is 0 Å². The Hall–Kier alpha value is -1.35. The molecule has 0 unspecified atom stereocenters. The largest absolute Gasteiger partial charge is 0.449 e. The van der Waals surface area contributed by atoms with Gasteiger partial charge >= 0.3 is 6.09 Å². The van der Waals surface area contributed by atoms with E-state index in [9.17, 15) is 18.0 Å². The molecule has 0 spiro atoms. The lowest BCUT2D eigenvalue weighted by Gasteiger charge is -2.43. The zero-order valence-electron chi connectivity index (χ0n) is 13.9. The first-order valence-electron chi connectivity index (χ1n) is 7.83. The van der Waals surface area contributed by atoms with Crippen LogP contribution in [0.4, 0.5) is 4.79 Å². The maximum absolute atomic E-state index is 12.4. The first kappa shape index (κ1) is 18.0. The second-order valence-corrected chi connectivity index (χ2v) is 8.50. The zero-order valence-corrected chi connectivity index (χ0v) is 14.7. The molecule has 132 valence electrons. The molecule has 8 nitrogen and oxygen atoms in total. The van der Waals surface area contributed by atoms with Gasteiger partial charge in [0, 0.05) is 13.1 Å². The van der Waals surface area contributed by atoms with Crippen LogP contribution in [-0.2, 0) is 19.4 Å². The zero-order chi connectivity index (χ0) is 17.2. The highest BCUT2D eigenvalue weighted by atomic mass is 32.2. The molecule has 2 rings (SSSR count). The molecule has 0 saturated carbocycles. The molecule has 2 aliphatic rings. The van der Waals surface area contributed by atoms with Crippen LogP contribution in [0.2, 0.25) is 0 Å². The summed E-state index contributed by atoms with van der Waals surface area (Å²) in [5.41, 5.74) is 0. The highest BCUT2D eigenvalue weighted by molar-refractivity contribution is 7.91. The number of fused-ring (bicyclic) bond motifs is 1. The first-order valence-corrected chi connectivity index (χ1v) is 9.65. The molecule has 0 radical (unpaired) electrons. The number of sulfone groups is 1. The van der Waals surface area contributed by atoms with Crippen molar-refractivity contribution >= 4 is 21.8 Å². The second kappa shape index (κ2) is 7.04. The molecule has 2 fully saturated rings. The average Bonchev–Trinajstić information content (AvgIpc) is 2.77. The molecule has 23 heavy (non-hydrogen) atoms. The van der Waals surface area contributed by atoms with Gasteiger partial charge in [0.05, 0.1) is 36.7 Å². The monoisotopic (exact) mass is 347 g/mol. The van der Waals surface area contributed by atoms with E-state index in [1.165, 1.54) is 4.90 Å².